The number of nitrogens with one attached hydrogen (secondary N) is 1. The van der Waals surface area contributed by atoms with Gasteiger partial charge >= 0.3 is 0 Å². The van der Waals surface area contributed by atoms with Crippen molar-refractivity contribution in [3.8, 4) is 0 Å². The number of thioether (sulfide) groups is 1. The van der Waals surface area contributed by atoms with E-state index in [1.54, 1.807) is 0 Å². The molecule has 3 rings (SSSR count). The van der Waals surface area contributed by atoms with E-state index in [0.29, 0.717) is 12.1 Å². The van der Waals surface area contributed by atoms with Gasteiger partial charge in [0, 0.05) is 23.4 Å². The van der Waals surface area contributed by atoms with E-state index in [0.717, 1.165) is 34.6 Å². The van der Waals surface area contributed by atoms with Gasteiger partial charge in [0.05, 0.1) is 10.9 Å². The fraction of sp³-hybridized carbons (Fsp3) is 0.348. The van der Waals surface area contributed by atoms with Gasteiger partial charge < -0.3 is 5.32 Å². The molecule has 0 saturated carbocycles. The highest BCUT2D eigenvalue weighted by atomic mass is 32.2. The van der Waals surface area contributed by atoms with E-state index >= 15 is 0 Å². The van der Waals surface area contributed by atoms with Crippen molar-refractivity contribution < 1.29 is 14.4 Å². The molecular weight excluding hydrogens is 384 g/mol. The van der Waals surface area contributed by atoms with Crippen LogP contribution >= 0.6 is 11.8 Å². The van der Waals surface area contributed by atoms with Crippen molar-refractivity contribution >= 4 is 40.9 Å². The summed E-state index contributed by atoms with van der Waals surface area (Å²) in [6, 6.07) is 13.0. The Hall–Kier alpha value is -2.60. The number of imide groups is 1. The Morgan fingerprint density at radius 3 is 2.48 bits per heavy atom. The first-order valence-corrected chi connectivity index (χ1v) is 10.8. The zero-order chi connectivity index (χ0) is 21.0. The number of nitrogens with zero attached hydrogens (tertiary/aromatic N) is 1. The first kappa shape index (κ1) is 21.1. The van der Waals surface area contributed by atoms with Gasteiger partial charge in [0.1, 0.15) is 0 Å². The number of hydrogen-bond donors (Lipinski definition) is 1. The summed E-state index contributed by atoms with van der Waals surface area (Å²) in [5.41, 5.74) is 3.55. The molecular formula is C23H26N2O3S. The smallest absolute Gasteiger partial charge is 0.247 e. The number of carbonyl (C=O) groups is 3. The summed E-state index contributed by atoms with van der Waals surface area (Å²) in [7, 11) is 0. The second kappa shape index (κ2) is 9.27. The van der Waals surface area contributed by atoms with E-state index in [1.807, 2.05) is 56.3 Å². The van der Waals surface area contributed by atoms with Crippen LogP contribution in [-0.4, -0.2) is 23.0 Å². The van der Waals surface area contributed by atoms with Gasteiger partial charge in [0.15, 0.2) is 0 Å². The molecule has 2 aromatic carbocycles. The lowest BCUT2D eigenvalue weighted by molar-refractivity contribution is -0.121. The lowest BCUT2D eigenvalue weighted by Crippen LogP contribution is -2.31. The van der Waals surface area contributed by atoms with Gasteiger partial charge in [-0.2, -0.15) is 0 Å². The van der Waals surface area contributed by atoms with Crippen LogP contribution in [0.15, 0.2) is 47.4 Å². The predicted octanol–water partition coefficient (Wildman–Crippen LogP) is 4.86. The molecule has 2 aromatic rings. The van der Waals surface area contributed by atoms with Crippen LogP contribution in [0.1, 0.15) is 43.7 Å². The zero-order valence-corrected chi connectivity index (χ0v) is 17.8. The van der Waals surface area contributed by atoms with E-state index < -0.39 is 5.25 Å². The highest BCUT2D eigenvalue weighted by Crippen LogP contribution is 2.34. The summed E-state index contributed by atoms with van der Waals surface area (Å²) in [4.78, 5) is 39.4. The molecule has 1 aliphatic rings. The van der Waals surface area contributed by atoms with Crippen molar-refractivity contribution in [2.75, 3.05) is 10.2 Å². The molecule has 0 unspecified atom stereocenters. The van der Waals surface area contributed by atoms with E-state index in [1.165, 1.54) is 16.7 Å². The van der Waals surface area contributed by atoms with Crippen LogP contribution in [-0.2, 0) is 14.4 Å². The Kier molecular flexibility index (Phi) is 6.75. The predicted molar refractivity (Wildman–Crippen MR) is 117 cm³/mol. The number of amides is 3. The Balaban J connectivity index is 1.65. The summed E-state index contributed by atoms with van der Waals surface area (Å²) in [5.74, 6) is -0.344. The molecule has 0 bridgehead atoms. The van der Waals surface area contributed by atoms with E-state index in [2.05, 4.69) is 12.2 Å². The van der Waals surface area contributed by atoms with Gasteiger partial charge in [-0.25, -0.2) is 4.90 Å². The number of unbranched alkanes of at least 4 members (excludes halogenated alkanes) is 1. The van der Waals surface area contributed by atoms with Crippen LogP contribution in [0.2, 0.25) is 0 Å². The quantitative estimate of drug-likeness (QED) is 0.662. The summed E-state index contributed by atoms with van der Waals surface area (Å²) in [6.07, 6.45) is 2.55. The maximum atomic E-state index is 12.9. The molecule has 0 aromatic heterocycles. The Labute approximate surface area is 175 Å². The molecule has 1 fully saturated rings. The Bertz CT molecular complexity index is 924. The molecule has 1 saturated heterocycles. The second-order valence-electron chi connectivity index (χ2n) is 7.32. The van der Waals surface area contributed by atoms with Crippen molar-refractivity contribution in [1.29, 1.82) is 0 Å². The molecule has 6 heteroatoms. The number of hydrogen-bond acceptors (Lipinski definition) is 4. The number of benzene rings is 2. The fourth-order valence-electron chi connectivity index (χ4n) is 3.17. The largest absolute Gasteiger partial charge is 0.326 e. The average Bonchev–Trinajstić information content (AvgIpc) is 2.97. The minimum atomic E-state index is -0.436. The fourth-order valence-corrected chi connectivity index (χ4v) is 4.23. The van der Waals surface area contributed by atoms with Crippen LogP contribution in [0.5, 0.6) is 0 Å². The maximum absolute atomic E-state index is 12.9. The van der Waals surface area contributed by atoms with Crippen LogP contribution in [0.3, 0.4) is 0 Å². The third kappa shape index (κ3) is 5.07. The van der Waals surface area contributed by atoms with Crippen LogP contribution in [0, 0.1) is 13.8 Å². The molecule has 29 heavy (non-hydrogen) atoms. The molecule has 152 valence electrons. The summed E-state index contributed by atoms with van der Waals surface area (Å²) >= 11 is 1.39. The first-order chi connectivity index (χ1) is 13.9. The third-order valence-corrected chi connectivity index (χ3v) is 6.22. The second-order valence-corrected chi connectivity index (χ2v) is 8.60. The molecule has 1 aliphatic heterocycles. The van der Waals surface area contributed by atoms with Gasteiger partial charge in [-0.3, -0.25) is 14.4 Å². The van der Waals surface area contributed by atoms with Gasteiger partial charge in [-0.15, -0.1) is 11.8 Å². The number of anilines is 2. The summed E-state index contributed by atoms with van der Waals surface area (Å²) < 4.78 is 0. The molecule has 0 aliphatic carbocycles. The lowest BCUT2D eigenvalue weighted by atomic mass is 10.1. The number of carbonyl (C=O) groups excluding carboxylic acids is 3. The highest BCUT2D eigenvalue weighted by molar-refractivity contribution is 8.00. The average molecular weight is 411 g/mol. The van der Waals surface area contributed by atoms with Crippen molar-refractivity contribution in [3.05, 3.63) is 53.6 Å². The molecule has 5 nitrogen and oxygen atoms in total. The summed E-state index contributed by atoms with van der Waals surface area (Å²) in [6.45, 7) is 6.02. The molecule has 1 atom stereocenters. The number of rotatable bonds is 7. The van der Waals surface area contributed by atoms with Crippen molar-refractivity contribution in [1.82, 2.24) is 0 Å². The highest BCUT2D eigenvalue weighted by Gasteiger charge is 2.40. The van der Waals surface area contributed by atoms with Crippen LogP contribution < -0.4 is 10.2 Å². The standard InChI is InChI=1S/C23H26N2O3S/c1-4-5-6-21(26)24-17-8-11-19(12-9-17)29-20-14-22(27)25(23(20)28)18-10-7-15(2)16(3)13-18/h7-13,20H,4-6,14H2,1-3H3,(H,24,26)/t20-/m1/s1. The van der Waals surface area contributed by atoms with Crippen molar-refractivity contribution in [2.45, 2.75) is 56.6 Å². The van der Waals surface area contributed by atoms with Crippen LogP contribution in [0.25, 0.3) is 0 Å². The van der Waals surface area contributed by atoms with Gasteiger partial charge in [0.25, 0.3) is 0 Å². The van der Waals surface area contributed by atoms with E-state index in [4.69, 9.17) is 0 Å². The molecule has 0 spiro atoms. The van der Waals surface area contributed by atoms with E-state index in [-0.39, 0.29) is 24.1 Å². The molecule has 0 radical (unpaired) electrons. The zero-order valence-electron chi connectivity index (χ0n) is 17.0. The molecule has 1 heterocycles. The van der Waals surface area contributed by atoms with Gasteiger partial charge in [-0.05, 0) is 67.8 Å². The summed E-state index contributed by atoms with van der Waals surface area (Å²) in [5, 5.41) is 2.44. The Morgan fingerprint density at radius 2 is 1.83 bits per heavy atom. The molecule has 3 amide bonds. The number of aryl methyl sites for hydroxylation is 2. The van der Waals surface area contributed by atoms with Gasteiger partial charge in [-0.1, -0.05) is 19.4 Å². The topological polar surface area (TPSA) is 66.5 Å². The first-order valence-electron chi connectivity index (χ1n) is 9.89. The SMILES string of the molecule is CCCCC(=O)Nc1ccc(S[C@@H]2CC(=O)N(c3ccc(C)c(C)c3)C2=O)cc1. The van der Waals surface area contributed by atoms with Gasteiger partial charge in [0.2, 0.25) is 17.7 Å². The van der Waals surface area contributed by atoms with E-state index in [9.17, 15) is 14.4 Å². The van der Waals surface area contributed by atoms with Crippen molar-refractivity contribution in [2.24, 2.45) is 0 Å². The normalized spacial score (nSPS) is 16.4. The monoisotopic (exact) mass is 410 g/mol. The molecule has 1 N–H and O–H groups in total. The lowest BCUT2D eigenvalue weighted by Gasteiger charge is -2.16. The minimum absolute atomic E-state index is 0.00727. The van der Waals surface area contributed by atoms with Crippen LogP contribution in [0.4, 0.5) is 11.4 Å². The van der Waals surface area contributed by atoms with Crippen molar-refractivity contribution in [3.63, 3.8) is 0 Å². The Morgan fingerprint density at radius 1 is 1.10 bits per heavy atom. The third-order valence-electron chi connectivity index (χ3n) is 5.03. The maximum Gasteiger partial charge on any atom is 0.247 e. The minimum Gasteiger partial charge on any atom is -0.326 e.